The predicted octanol–water partition coefficient (Wildman–Crippen LogP) is 2.75. The molecule has 0 bridgehead atoms. The van der Waals surface area contributed by atoms with Crippen LogP contribution in [0.5, 0.6) is 5.75 Å². The summed E-state index contributed by atoms with van der Waals surface area (Å²) in [5.74, 6) is 0.288. The fourth-order valence-corrected chi connectivity index (χ4v) is 2.03. The van der Waals surface area contributed by atoms with Gasteiger partial charge in [0.15, 0.2) is 0 Å². The summed E-state index contributed by atoms with van der Waals surface area (Å²) in [5.41, 5.74) is 7.26. The third-order valence-electron chi connectivity index (χ3n) is 3.28. The summed E-state index contributed by atoms with van der Waals surface area (Å²) in [5, 5.41) is 7.31. The van der Waals surface area contributed by atoms with E-state index in [1.54, 1.807) is 19.2 Å². The Morgan fingerprint density at radius 3 is 2.43 bits per heavy atom. The van der Waals surface area contributed by atoms with E-state index in [2.05, 4.69) is 0 Å². The highest BCUT2D eigenvalue weighted by atomic mass is 19.1. The molecule has 21 heavy (non-hydrogen) atoms. The molecule has 0 fully saturated rings. The Balaban J connectivity index is 2.14. The van der Waals surface area contributed by atoms with Gasteiger partial charge in [0.05, 0.1) is 7.11 Å². The van der Waals surface area contributed by atoms with Crippen LogP contribution in [0.15, 0.2) is 42.5 Å². The van der Waals surface area contributed by atoms with Gasteiger partial charge in [-0.15, -0.1) is 0 Å². The first-order chi connectivity index (χ1) is 10.0. The lowest BCUT2D eigenvalue weighted by molar-refractivity contribution is 0.415. The standard InChI is InChI=1S/C16H18FN3O/c1-20(13-5-7-14(21-2)8-6-13)10-12-4-3-11(16(18)19)9-15(12)17/h3-9H,10H2,1-2H3,(H3,18,19). The molecular formula is C16H18FN3O. The largest absolute Gasteiger partial charge is 0.497 e. The van der Waals surface area contributed by atoms with Gasteiger partial charge in [-0.3, -0.25) is 5.41 Å². The summed E-state index contributed by atoms with van der Waals surface area (Å²) >= 11 is 0. The zero-order chi connectivity index (χ0) is 15.4. The minimum absolute atomic E-state index is 0.135. The van der Waals surface area contributed by atoms with Crippen LogP contribution in [0.2, 0.25) is 0 Å². The zero-order valence-corrected chi connectivity index (χ0v) is 12.1. The molecule has 0 unspecified atom stereocenters. The Labute approximate surface area is 123 Å². The molecule has 110 valence electrons. The molecule has 0 atom stereocenters. The Morgan fingerprint density at radius 1 is 1.24 bits per heavy atom. The highest BCUT2D eigenvalue weighted by molar-refractivity contribution is 5.94. The lowest BCUT2D eigenvalue weighted by Crippen LogP contribution is -2.18. The molecule has 2 aromatic rings. The van der Waals surface area contributed by atoms with Crippen molar-refractivity contribution in [1.82, 2.24) is 0 Å². The molecule has 0 aliphatic heterocycles. The molecule has 5 heteroatoms. The van der Waals surface area contributed by atoms with E-state index in [0.29, 0.717) is 17.7 Å². The van der Waals surface area contributed by atoms with Crippen LogP contribution in [-0.2, 0) is 6.54 Å². The van der Waals surface area contributed by atoms with Crippen molar-refractivity contribution in [2.45, 2.75) is 6.54 Å². The number of methoxy groups -OCH3 is 1. The number of nitrogens with one attached hydrogen (secondary N) is 1. The van der Waals surface area contributed by atoms with Crippen LogP contribution < -0.4 is 15.4 Å². The van der Waals surface area contributed by atoms with Crippen molar-refractivity contribution in [3.05, 3.63) is 59.4 Å². The first-order valence-electron chi connectivity index (χ1n) is 6.49. The number of nitrogens with zero attached hydrogens (tertiary/aromatic N) is 1. The maximum atomic E-state index is 14.0. The predicted molar refractivity (Wildman–Crippen MR) is 82.5 cm³/mol. The number of hydrogen-bond acceptors (Lipinski definition) is 3. The minimum atomic E-state index is -0.358. The van der Waals surface area contributed by atoms with Crippen LogP contribution in [0.3, 0.4) is 0 Å². The molecule has 0 spiro atoms. The third kappa shape index (κ3) is 3.51. The summed E-state index contributed by atoms with van der Waals surface area (Å²) in [7, 11) is 3.50. The number of ether oxygens (including phenoxy) is 1. The summed E-state index contributed by atoms with van der Waals surface area (Å²) in [6.07, 6.45) is 0. The number of benzene rings is 2. The average Bonchev–Trinajstić information content (AvgIpc) is 2.49. The van der Waals surface area contributed by atoms with Crippen molar-refractivity contribution in [2.24, 2.45) is 5.73 Å². The smallest absolute Gasteiger partial charge is 0.128 e. The maximum absolute atomic E-state index is 14.0. The second-order valence-corrected chi connectivity index (χ2v) is 4.77. The molecule has 2 rings (SSSR count). The van der Waals surface area contributed by atoms with E-state index in [1.165, 1.54) is 6.07 Å². The lowest BCUT2D eigenvalue weighted by Gasteiger charge is -2.20. The van der Waals surface area contributed by atoms with E-state index in [4.69, 9.17) is 15.9 Å². The lowest BCUT2D eigenvalue weighted by atomic mass is 10.1. The van der Waals surface area contributed by atoms with Crippen molar-refractivity contribution >= 4 is 11.5 Å². The zero-order valence-electron chi connectivity index (χ0n) is 12.1. The summed E-state index contributed by atoms with van der Waals surface area (Å²) in [6.45, 7) is 0.427. The molecule has 0 amide bonds. The molecule has 0 radical (unpaired) electrons. The highest BCUT2D eigenvalue weighted by Crippen LogP contribution is 2.21. The van der Waals surface area contributed by atoms with Crippen LogP contribution in [0, 0.1) is 11.2 Å². The first kappa shape index (κ1) is 14.8. The van der Waals surface area contributed by atoms with Crippen LogP contribution in [0.25, 0.3) is 0 Å². The van der Waals surface area contributed by atoms with Gasteiger partial charge in [-0.05, 0) is 30.3 Å². The topological polar surface area (TPSA) is 62.3 Å². The second kappa shape index (κ2) is 6.26. The van der Waals surface area contributed by atoms with Gasteiger partial charge in [-0.2, -0.15) is 0 Å². The van der Waals surface area contributed by atoms with Crippen molar-refractivity contribution in [2.75, 3.05) is 19.1 Å². The van der Waals surface area contributed by atoms with Gasteiger partial charge >= 0.3 is 0 Å². The Hall–Kier alpha value is -2.56. The van der Waals surface area contributed by atoms with Gasteiger partial charge in [-0.1, -0.05) is 12.1 Å². The van der Waals surface area contributed by atoms with Gasteiger partial charge in [0.25, 0.3) is 0 Å². The minimum Gasteiger partial charge on any atom is -0.497 e. The van der Waals surface area contributed by atoms with Crippen molar-refractivity contribution < 1.29 is 9.13 Å². The molecule has 2 aromatic carbocycles. The number of nitrogen functional groups attached to an aromatic ring is 1. The summed E-state index contributed by atoms with van der Waals surface area (Å²) in [6, 6.07) is 12.2. The van der Waals surface area contributed by atoms with E-state index >= 15 is 0 Å². The van der Waals surface area contributed by atoms with E-state index in [0.717, 1.165) is 11.4 Å². The fourth-order valence-electron chi connectivity index (χ4n) is 2.03. The summed E-state index contributed by atoms with van der Waals surface area (Å²) < 4.78 is 19.1. The van der Waals surface area contributed by atoms with Gasteiger partial charge in [0, 0.05) is 30.4 Å². The number of hydrogen-bond donors (Lipinski definition) is 2. The van der Waals surface area contributed by atoms with Crippen LogP contribution in [0.4, 0.5) is 10.1 Å². The SMILES string of the molecule is COc1ccc(N(C)Cc2ccc(C(=N)N)cc2F)cc1. The van der Waals surface area contributed by atoms with E-state index < -0.39 is 0 Å². The second-order valence-electron chi connectivity index (χ2n) is 4.77. The van der Waals surface area contributed by atoms with E-state index in [-0.39, 0.29) is 11.7 Å². The van der Waals surface area contributed by atoms with Crippen molar-refractivity contribution in [3.63, 3.8) is 0 Å². The Bertz CT molecular complexity index is 640. The number of anilines is 1. The summed E-state index contributed by atoms with van der Waals surface area (Å²) in [4.78, 5) is 1.94. The third-order valence-corrected chi connectivity index (χ3v) is 3.28. The maximum Gasteiger partial charge on any atom is 0.128 e. The fraction of sp³-hybridized carbons (Fsp3) is 0.188. The quantitative estimate of drug-likeness (QED) is 0.656. The van der Waals surface area contributed by atoms with E-state index in [1.807, 2.05) is 36.2 Å². The number of nitrogens with two attached hydrogens (primary N) is 1. The molecule has 0 heterocycles. The average molecular weight is 287 g/mol. The van der Waals surface area contributed by atoms with Crippen molar-refractivity contribution in [3.8, 4) is 5.75 Å². The number of amidine groups is 1. The monoisotopic (exact) mass is 287 g/mol. The molecule has 0 saturated heterocycles. The van der Waals surface area contributed by atoms with Crippen LogP contribution >= 0.6 is 0 Å². The molecule has 3 N–H and O–H groups in total. The van der Waals surface area contributed by atoms with Gasteiger partial charge in [0.1, 0.15) is 17.4 Å². The number of halogens is 1. The molecule has 0 aliphatic rings. The Morgan fingerprint density at radius 2 is 1.90 bits per heavy atom. The van der Waals surface area contributed by atoms with E-state index in [9.17, 15) is 4.39 Å². The van der Waals surface area contributed by atoms with Crippen LogP contribution in [-0.4, -0.2) is 20.0 Å². The van der Waals surface area contributed by atoms with Crippen molar-refractivity contribution in [1.29, 1.82) is 5.41 Å². The first-order valence-corrected chi connectivity index (χ1v) is 6.49. The molecular weight excluding hydrogens is 269 g/mol. The molecule has 0 aromatic heterocycles. The molecule has 0 aliphatic carbocycles. The van der Waals surface area contributed by atoms with Crippen LogP contribution in [0.1, 0.15) is 11.1 Å². The number of rotatable bonds is 5. The normalized spacial score (nSPS) is 10.2. The highest BCUT2D eigenvalue weighted by Gasteiger charge is 2.09. The Kier molecular flexibility index (Phi) is 4.42. The molecule has 0 saturated carbocycles. The molecule has 4 nitrogen and oxygen atoms in total. The van der Waals surface area contributed by atoms with Gasteiger partial charge in [0.2, 0.25) is 0 Å². The van der Waals surface area contributed by atoms with Gasteiger partial charge < -0.3 is 15.4 Å². The van der Waals surface area contributed by atoms with Gasteiger partial charge in [-0.25, -0.2) is 4.39 Å².